The van der Waals surface area contributed by atoms with Crippen molar-refractivity contribution in [3.8, 4) is 6.07 Å². The first-order chi connectivity index (χ1) is 12.6. The van der Waals surface area contributed by atoms with Gasteiger partial charge < -0.3 is 14.2 Å². The number of carbonyl (C=O) groups is 1. The van der Waals surface area contributed by atoms with Crippen LogP contribution in [0.1, 0.15) is 35.0 Å². The van der Waals surface area contributed by atoms with Gasteiger partial charge in [0.15, 0.2) is 5.69 Å². The summed E-state index contributed by atoms with van der Waals surface area (Å²) in [6, 6.07) is 6.19. The Morgan fingerprint density at radius 3 is 2.88 bits per heavy atom. The van der Waals surface area contributed by atoms with Crippen LogP contribution in [0.4, 0.5) is 5.69 Å². The van der Waals surface area contributed by atoms with Gasteiger partial charge in [-0.05, 0) is 36.8 Å². The normalized spacial score (nSPS) is 20.6. The minimum atomic E-state index is -0.446. The Hall–Kier alpha value is -2.52. The molecule has 6 nitrogen and oxygen atoms in total. The number of rotatable bonds is 5. The summed E-state index contributed by atoms with van der Waals surface area (Å²) in [6.07, 6.45) is 4.51. The maximum absolute atomic E-state index is 11.7. The van der Waals surface area contributed by atoms with E-state index >= 15 is 0 Å². The average molecular weight is 371 g/mol. The summed E-state index contributed by atoms with van der Waals surface area (Å²) < 4.78 is 6.71. The third-order valence-corrected chi connectivity index (χ3v) is 5.53. The van der Waals surface area contributed by atoms with Crippen LogP contribution in [0.5, 0.6) is 0 Å². The third-order valence-electron chi connectivity index (χ3n) is 5.10. The number of hydrogen-bond donors (Lipinski definition) is 0. The lowest BCUT2D eigenvalue weighted by Gasteiger charge is -2.23. The van der Waals surface area contributed by atoms with Crippen molar-refractivity contribution in [3.05, 3.63) is 46.5 Å². The molecule has 2 aromatic rings. The quantitative estimate of drug-likeness (QED) is 0.756. The lowest BCUT2D eigenvalue weighted by atomic mass is 10.1. The summed E-state index contributed by atoms with van der Waals surface area (Å²) in [4.78, 5) is 18.1. The van der Waals surface area contributed by atoms with E-state index in [0.717, 1.165) is 36.2 Å². The van der Waals surface area contributed by atoms with Crippen molar-refractivity contribution in [2.75, 3.05) is 24.6 Å². The zero-order valence-electron chi connectivity index (χ0n) is 14.5. The molecule has 1 aliphatic carbocycles. The molecule has 2 unspecified atom stereocenters. The summed E-state index contributed by atoms with van der Waals surface area (Å²) in [5.74, 6) is 1.12. The van der Waals surface area contributed by atoms with E-state index in [4.69, 9.17) is 16.3 Å². The number of carbonyl (C=O) groups excluding carboxylic acids is 1. The van der Waals surface area contributed by atoms with Crippen molar-refractivity contribution < 1.29 is 9.53 Å². The minimum absolute atomic E-state index is 0.261. The number of nitriles is 1. The van der Waals surface area contributed by atoms with Gasteiger partial charge in [0.2, 0.25) is 0 Å². The maximum atomic E-state index is 11.7. The van der Waals surface area contributed by atoms with E-state index in [1.807, 2.05) is 12.1 Å². The predicted molar refractivity (Wildman–Crippen MR) is 97.3 cm³/mol. The van der Waals surface area contributed by atoms with Gasteiger partial charge in [-0.15, -0.1) is 0 Å². The fourth-order valence-corrected chi connectivity index (χ4v) is 3.91. The largest absolute Gasteiger partial charge is 0.461 e. The summed E-state index contributed by atoms with van der Waals surface area (Å²) in [5.41, 5.74) is 2.53. The molecule has 1 aromatic heterocycles. The maximum Gasteiger partial charge on any atom is 0.358 e. The molecule has 1 aliphatic heterocycles. The van der Waals surface area contributed by atoms with Crippen molar-refractivity contribution in [3.63, 3.8) is 0 Å². The second-order valence-electron chi connectivity index (χ2n) is 6.86. The first-order valence-corrected chi connectivity index (χ1v) is 9.13. The number of halogens is 1. The first kappa shape index (κ1) is 16.9. The Kier molecular flexibility index (Phi) is 4.33. The third kappa shape index (κ3) is 3.04. The number of piperidine rings is 1. The number of imidazole rings is 1. The molecule has 2 heterocycles. The van der Waals surface area contributed by atoms with Gasteiger partial charge in [0.05, 0.1) is 35.8 Å². The molecule has 0 bridgehead atoms. The lowest BCUT2D eigenvalue weighted by Crippen LogP contribution is -2.23. The van der Waals surface area contributed by atoms with Crippen LogP contribution in [0.15, 0.2) is 24.7 Å². The molecule has 2 fully saturated rings. The van der Waals surface area contributed by atoms with Gasteiger partial charge in [-0.1, -0.05) is 17.7 Å². The minimum Gasteiger partial charge on any atom is -0.461 e. The fourth-order valence-electron chi connectivity index (χ4n) is 3.65. The number of hydrogen-bond acceptors (Lipinski definition) is 5. The molecule has 4 rings (SSSR count). The number of ether oxygens (including phenoxy) is 1. The van der Waals surface area contributed by atoms with Crippen LogP contribution in [-0.2, 0) is 11.3 Å². The van der Waals surface area contributed by atoms with E-state index in [1.165, 1.54) is 6.42 Å². The average Bonchev–Trinajstić information content (AvgIpc) is 3.04. The van der Waals surface area contributed by atoms with Crippen LogP contribution in [0.2, 0.25) is 5.02 Å². The van der Waals surface area contributed by atoms with Gasteiger partial charge >= 0.3 is 5.97 Å². The molecule has 0 radical (unpaired) electrons. The van der Waals surface area contributed by atoms with E-state index in [0.29, 0.717) is 23.7 Å². The second kappa shape index (κ2) is 6.65. The van der Waals surface area contributed by atoms with E-state index in [1.54, 1.807) is 24.0 Å². The summed E-state index contributed by atoms with van der Waals surface area (Å²) in [5, 5.41) is 10.1. The highest BCUT2D eigenvalue weighted by Gasteiger charge is 2.45. The number of nitrogens with zero attached hydrogens (tertiary/aromatic N) is 4. The molecule has 2 aliphatic rings. The molecule has 1 saturated carbocycles. The molecule has 1 saturated heterocycles. The number of fused-ring (bicyclic) bond motifs is 1. The van der Waals surface area contributed by atoms with Gasteiger partial charge in [0.25, 0.3) is 0 Å². The monoisotopic (exact) mass is 370 g/mol. The highest BCUT2D eigenvalue weighted by molar-refractivity contribution is 6.33. The van der Waals surface area contributed by atoms with Crippen LogP contribution >= 0.6 is 11.6 Å². The second-order valence-corrected chi connectivity index (χ2v) is 7.24. The number of anilines is 1. The Labute approximate surface area is 156 Å². The molecule has 0 amide bonds. The van der Waals surface area contributed by atoms with Crippen molar-refractivity contribution in [2.45, 2.75) is 19.9 Å². The summed E-state index contributed by atoms with van der Waals surface area (Å²) >= 11 is 6.53. The highest BCUT2D eigenvalue weighted by atomic mass is 35.5. The summed E-state index contributed by atoms with van der Waals surface area (Å²) in [7, 11) is 0. The zero-order chi connectivity index (χ0) is 18.3. The Morgan fingerprint density at radius 1 is 1.42 bits per heavy atom. The number of benzene rings is 1. The van der Waals surface area contributed by atoms with Crippen LogP contribution < -0.4 is 4.90 Å². The molecular weight excluding hydrogens is 352 g/mol. The van der Waals surface area contributed by atoms with Gasteiger partial charge in [-0.3, -0.25) is 0 Å². The Morgan fingerprint density at radius 2 is 2.19 bits per heavy atom. The molecular formula is C19H19ClN4O2. The van der Waals surface area contributed by atoms with Crippen LogP contribution in [0, 0.1) is 23.2 Å². The number of aromatic nitrogens is 2. The molecule has 0 spiro atoms. The molecule has 0 N–H and O–H groups in total. The number of esters is 1. The first-order valence-electron chi connectivity index (χ1n) is 8.76. The van der Waals surface area contributed by atoms with E-state index in [2.05, 4.69) is 16.0 Å². The highest BCUT2D eigenvalue weighted by Crippen LogP contribution is 2.47. The Bertz CT molecular complexity index is 891. The van der Waals surface area contributed by atoms with Crippen molar-refractivity contribution in [2.24, 2.45) is 11.8 Å². The van der Waals surface area contributed by atoms with Crippen molar-refractivity contribution in [1.82, 2.24) is 9.55 Å². The molecule has 134 valence electrons. The molecule has 1 aromatic carbocycles. The topological polar surface area (TPSA) is 71.2 Å². The van der Waals surface area contributed by atoms with E-state index in [9.17, 15) is 10.1 Å². The van der Waals surface area contributed by atoms with E-state index < -0.39 is 5.97 Å². The van der Waals surface area contributed by atoms with Crippen LogP contribution in [-0.4, -0.2) is 35.2 Å². The molecule has 7 heteroatoms. The smallest absolute Gasteiger partial charge is 0.358 e. The van der Waals surface area contributed by atoms with Gasteiger partial charge in [0.1, 0.15) is 6.07 Å². The fraction of sp³-hybridized carbons (Fsp3) is 0.421. The van der Waals surface area contributed by atoms with Crippen molar-refractivity contribution in [1.29, 1.82) is 5.26 Å². The van der Waals surface area contributed by atoms with Crippen molar-refractivity contribution >= 4 is 23.3 Å². The molecule has 26 heavy (non-hydrogen) atoms. The summed E-state index contributed by atoms with van der Waals surface area (Å²) in [6.45, 7) is 4.52. The van der Waals surface area contributed by atoms with E-state index in [-0.39, 0.29) is 5.69 Å². The standard InChI is InChI=1S/C19H19ClN4O2/c1-2-26-19(25)16-10-23(11-22-16)7-12-3-4-17(15(6-21)18(12)20)24-8-13-5-14(13)9-24/h3-4,10-11,13-14H,2,5,7-9H2,1H3. The zero-order valence-corrected chi connectivity index (χ0v) is 15.2. The molecule has 2 atom stereocenters. The Balaban J connectivity index is 1.56. The van der Waals surface area contributed by atoms with Crippen LogP contribution in [0.3, 0.4) is 0 Å². The lowest BCUT2D eigenvalue weighted by molar-refractivity contribution is 0.0520. The predicted octanol–water partition coefficient (Wildman–Crippen LogP) is 3.09. The SMILES string of the molecule is CCOC(=O)c1cn(Cc2ccc(N3CC4CC4C3)c(C#N)c2Cl)cn1. The van der Waals surface area contributed by atoms with Gasteiger partial charge in [-0.2, -0.15) is 5.26 Å². The van der Waals surface area contributed by atoms with Gasteiger partial charge in [-0.25, -0.2) is 9.78 Å². The van der Waals surface area contributed by atoms with Gasteiger partial charge in [0, 0.05) is 19.3 Å². The van der Waals surface area contributed by atoms with Crippen LogP contribution in [0.25, 0.3) is 0 Å².